The molecule has 6 N–H and O–H groups in total. The molecule has 0 bridgehead atoms. The van der Waals surface area contributed by atoms with Crippen molar-refractivity contribution in [1.29, 1.82) is 0 Å². The minimum Gasteiger partial charge on any atom is -0.394 e. The summed E-state index contributed by atoms with van der Waals surface area (Å²) in [6, 6.07) is 7.71. The standard InChI is InChI=1S/C30H53N5O8S.C18H18Cl2N4O3/c1-31-10-4-5-29(38)35(15-16-36)14-13-34(3)30-7-6-27(44-30)8-11-33-28(37)9-17-39-19-21-41-23-25-43-26-24-42-22-20-40-18-12-32-2;19-12-7-10(14-2-4-24(22-14)5-6-25)16-11-8-23(15(27)9-26)3-1-13(11)21-18(16)17(12)20/h4-7,16,31-32H,8-15,17-26H2,1-3H3,(H,33,37);2,4,7,21,25-26H,1,3,5-6,8-9H2/b5-4+;. The van der Waals surface area contributed by atoms with Crippen LogP contribution in [-0.4, -0.2) is 205 Å². The lowest BCUT2D eigenvalue weighted by molar-refractivity contribution is -0.135. The average Bonchev–Trinajstić information content (AvgIpc) is 4.14. The minimum atomic E-state index is -0.511. The molecule has 23 heteroatoms. The van der Waals surface area contributed by atoms with Crippen molar-refractivity contribution in [2.24, 2.45) is 0 Å². The fourth-order valence-electron chi connectivity index (χ4n) is 7.17. The molecule has 5 rings (SSSR count). The normalized spacial score (nSPS) is 12.3. The molecule has 0 unspecified atom stereocenters. The van der Waals surface area contributed by atoms with E-state index in [9.17, 15) is 24.3 Å². The van der Waals surface area contributed by atoms with Gasteiger partial charge in [0, 0.05) is 105 Å². The first-order valence-electron chi connectivity index (χ1n) is 23.7. The summed E-state index contributed by atoms with van der Waals surface area (Å²) >= 11 is 14.4. The van der Waals surface area contributed by atoms with Crippen LogP contribution in [-0.2, 0) is 68.8 Å². The second-order valence-corrected chi connectivity index (χ2v) is 18.0. The van der Waals surface area contributed by atoms with Crippen molar-refractivity contribution in [3.8, 4) is 11.3 Å². The van der Waals surface area contributed by atoms with E-state index in [1.807, 2.05) is 32.3 Å². The molecule has 1 aliphatic rings. The lowest BCUT2D eigenvalue weighted by atomic mass is 9.99. The van der Waals surface area contributed by atoms with Gasteiger partial charge in [0.15, 0.2) is 0 Å². The highest BCUT2D eigenvalue weighted by molar-refractivity contribution is 7.16. The van der Waals surface area contributed by atoms with Gasteiger partial charge in [0.1, 0.15) is 12.9 Å². The maximum atomic E-state index is 12.3. The Morgan fingerprint density at radius 2 is 1.61 bits per heavy atom. The summed E-state index contributed by atoms with van der Waals surface area (Å²) in [7, 11) is 5.65. The number of ether oxygens (including phenoxy) is 5. The number of aliphatic hydroxyl groups excluding tert-OH is 2. The number of rotatable bonds is 34. The van der Waals surface area contributed by atoms with Crippen LogP contribution in [0.15, 0.2) is 42.6 Å². The van der Waals surface area contributed by atoms with E-state index in [4.69, 9.17) is 52.0 Å². The van der Waals surface area contributed by atoms with Gasteiger partial charge >= 0.3 is 0 Å². The quantitative estimate of drug-likeness (QED) is 0.0224. The van der Waals surface area contributed by atoms with Crippen molar-refractivity contribution in [3.05, 3.63) is 68.8 Å². The second kappa shape index (κ2) is 34.0. The maximum Gasteiger partial charge on any atom is 0.248 e. The highest BCUT2D eigenvalue weighted by atomic mass is 35.5. The molecule has 0 atom stereocenters. The SMILES string of the molecule is CNC/C=C/C(=O)N(CC=O)CCN(C)c1ccc(CCNC(=O)CCOCCOCCOCCOCCOCCNC)s1.O=C(CO)N1CCc2[nH]c3c(Cl)c(Cl)cc(-c4ccn(CCO)n4)c3c2C1. The Balaban J connectivity index is 0.000000342. The highest BCUT2D eigenvalue weighted by Crippen LogP contribution is 2.42. The molecule has 1 aromatic carbocycles. The zero-order valence-electron chi connectivity index (χ0n) is 41.1. The number of H-pyrrole nitrogens is 1. The molecular weight excluding hydrogens is 982 g/mol. The highest BCUT2D eigenvalue weighted by Gasteiger charge is 2.27. The first kappa shape index (κ1) is 59.1. The van der Waals surface area contributed by atoms with Gasteiger partial charge in [0.25, 0.3) is 0 Å². The Labute approximate surface area is 429 Å². The lowest BCUT2D eigenvalue weighted by Crippen LogP contribution is -2.37. The number of aromatic amines is 1. The van der Waals surface area contributed by atoms with Crippen LogP contribution in [0.4, 0.5) is 5.00 Å². The number of aldehydes is 1. The zero-order valence-corrected chi connectivity index (χ0v) is 43.4. The molecule has 0 saturated carbocycles. The van der Waals surface area contributed by atoms with Crippen LogP contribution >= 0.6 is 34.5 Å². The van der Waals surface area contributed by atoms with Gasteiger partial charge in [-0.05, 0) is 44.8 Å². The van der Waals surface area contributed by atoms with Gasteiger partial charge in [-0.2, -0.15) is 5.10 Å². The molecule has 0 aliphatic carbocycles. The lowest BCUT2D eigenvalue weighted by Gasteiger charge is -2.26. The van der Waals surface area contributed by atoms with E-state index in [0.29, 0.717) is 140 Å². The number of hydrogen-bond acceptors (Lipinski definition) is 16. The number of fused-ring (bicyclic) bond motifs is 3. The van der Waals surface area contributed by atoms with Crippen molar-refractivity contribution >= 4 is 74.5 Å². The van der Waals surface area contributed by atoms with Crippen molar-refractivity contribution in [3.63, 3.8) is 0 Å². The monoisotopic (exact) mass is 1050 g/mol. The molecular formula is C48H71Cl2N9O11S. The number of nitrogens with zero attached hydrogens (tertiary/aromatic N) is 5. The number of aromatic nitrogens is 3. The van der Waals surface area contributed by atoms with Gasteiger partial charge in [-0.15, -0.1) is 11.3 Å². The number of anilines is 1. The van der Waals surface area contributed by atoms with E-state index in [-0.39, 0.29) is 30.9 Å². The summed E-state index contributed by atoms with van der Waals surface area (Å²) < 4.78 is 28.8. The fourth-order valence-corrected chi connectivity index (χ4v) is 8.56. The average molecular weight is 1050 g/mol. The van der Waals surface area contributed by atoms with Crippen molar-refractivity contribution in [1.82, 2.24) is 40.5 Å². The van der Waals surface area contributed by atoms with Gasteiger partial charge < -0.3 is 74.3 Å². The molecule has 0 spiro atoms. The number of carbonyl (C=O) groups excluding carboxylic acids is 4. The molecule has 0 saturated heterocycles. The third-order valence-electron chi connectivity index (χ3n) is 10.9. The maximum absolute atomic E-state index is 12.3. The largest absolute Gasteiger partial charge is 0.394 e. The number of carbonyl (C=O) groups is 4. The third-order valence-corrected chi connectivity index (χ3v) is 13.0. The van der Waals surface area contributed by atoms with Crippen LogP contribution in [0, 0.1) is 0 Å². The molecule has 0 fully saturated rings. The Morgan fingerprint density at radius 3 is 2.25 bits per heavy atom. The molecule has 4 heterocycles. The Morgan fingerprint density at radius 1 is 0.915 bits per heavy atom. The molecule has 0 radical (unpaired) electrons. The summed E-state index contributed by atoms with van der Waals surface area (Å²) in [6.07, 6.45) is 7.42. The molecule has 4 aromatic rings. The number of likely N-dealkylation sites (N-methyl/N-ethyl adjacent to an activating group) is 3. The van der Waals surface area contributed by atoms with Crippen molar-refractivity contribution in [2.45, 2.75) is 32.4 Å². The van der Waals surface area contributed by atoms with Crippen LogP contribution in [0.1, 0.15) is 22.6 Å². The van der Waals surface area contributed by atoms with E-state index in [2.05, 4.69) is 30.9 Å². The van der Waals surface area contributed by atoms with Crippen LogP contribution in [0.2, 0.25) is 10.0 Å². The van der Waals surface area contributed by atoms with Crippen LogP contribution in [0.5, 0.6) is 0 Å². The topological polar surface area (TPSA) is 234 Å². The summed E-state index contributed by atoms with van der Waals surface area (Å²) in [5.41, 5.74) is 4.21. The van der Waals surface area contributed by atoms with Gasteiger partial charge in [-0.3, -0.25) is 19.1 Å². The summed E-state index contributed by atoms with van der Waals surface area (Å²) in [5, 5.41) is 34.5. The third kappa shape index (κ3) is 20.5. The number of thiophene rings is 1. The van der Waals surface area contributed by atoms with Gasteiger partial charge in [-0.1, -0.05) is 29.3 Å². The molecule has 394 valence electrons. The van der Waals surface area contributed by atoms with Crippen LogP contribution in [0.3, 0.4) is 0 Å². The summed E-state index contributed by atoms with van der Waals surface area (Å²) in [5.74, 6) is -0.536. The molecule has 3 amide bonds. The number of benzene rings is 1. The first-order chi connectivity index (χ1) is 34.5. The van der Waals surface area contributed by atoms with Crippen LogP contribution in [0.25, 0.3) is 22.2 Å². The predicted molar refractivity (Wildman–Crippen MR) is 275 cm³/mol. The molecule has 20 nitrogen and oxygen atoms in total. The number of nitrogens with one attached hydrogen (secondary N) is 4. The van der Waals surface area contributed by atoms with Crippen molar-refractivity contribution < 1.29 is 53.1 Å². The zero-order chi connectivity index (χ0) is 51.2. The Kier molecular flexibility index (Phi) is 28.3. The van der Waals surface area contributed by atoms with Gasteiger partial charge in [0.2, 0.25) is 17.7 Å². The van der Waals surface area contributed by atoms with Crippen LogP contribution < -0.4 is 20.9 Å². The van der Waals surface area contributed by atoms with Gasteiger partial charge in [0.05, 0.1) is 112 Å². The van der Waals surface area contributed by atoms with E-state index in [1.54, 1.807) is 46.3 Å². The Hall–Kier alpha value is -4.49. The Bertz CT molecular complexity index is 2240. The molecule has 71 heavy (non-hydrogen) atoms. The second-order valence-electron chi connectivity index (χ2n) is 16.1. The number of halogens is 2. The minimum absolute atomic E-state index is 0.00428. The van der Waals surface area contributed by atoms with E-state index >= 15 is 0 Å². The number of hydrogen-bond donors (Lipinski definition) is 6. The number of aliphatic hydroxyl groups is 2. The van der Waals surface area contributed by atoms with Gasteiger partial charge in [-0.25, -0.2) is 0 Å². The number of amides is 3. The predicted octanol–water partition coefficient (Wildman–Crippen LogP) is 2.55. The fraction of sp³-hybridized carbons (Fsp3) is 0.562. The summed E-state index contributed by atoms with van der Waals surface area (Å²) in [4.78, 5) is 57.1. The first-order valence-corrected chi connectivity index (χ1v) is 25.3. The summed E-state index contributed by atoms with van der Waals surface area (Å²) in [6.45, 7) is 8.87. The smallest absolute Gasteiger partial charge is 0.248 e. The van der Waals surface area contributed by atoms with E-state index in [0.717, 1.165) is 56.9 Å². The molecule has 1 aliphatic heterocycles. The van der Waals surface area contributed by atoms with Crippen molar-refractivity contribution in [2.75, 3.05) is 151 Å². The van der Waals surface area contributed by atoms with E-state index in [1.165, 1.54) is 11.0 Å². The van der Waals surface area contributed by atoms with E-state index < -0.39 is 6.61 Å². The molecule has 3 aromatic heterocycles.